The smallest absolute Gasteiger partial charge is 0.164 e. The molecule has 0 radical (unpaired) electrons. The van der Waals surface area contributed by atoms with E-state index in [1.165, 1.54) is 6.42 Å². The van der Waals surface area contributed by atoms with E-state index < -0.39 is 0 Å². The van der Waals surface area contributed by atoms with E-state index in [9.17, 15) is 0 Å². The lowest BCUT2D eigenvalue weighted by molar-refractivity contribution is 0.279. The second-order valence-corrected chi connectivity index (χ2v) is 7.68. The highest BCUT2D eigenvalue weighted by Crippen LogP contribution is 2.31. The molecule has 0 spiro atoms. The largest absolute Gasteiger partial charge is 0.347 e. The molecule has 1 aromatic carbocycles. The van der Waals surface area contributed by atoms with E-state index in [-0.39, 0.29) is 0 Å². The normalized spacial score (nSPS) is 20.1. The van der Waals surface area contributed by atoms with Gasteiger partial charge in [-0.2, -0.15) is 5.26 Å². The van der Waals surface area contributed by atoms with Crippen molar-refractivity contribution in [2.75, 3.05) is 12.3 Å². The van der Waals surface area contributed by atoms with Gasteiger partial charge in [0, 0.05) is 18.3 Å². The highest BCUT2D eigenvalue weighted by Gasteiger charge is 2.30. The molecule has 0 aromatic heterocycles. The molecule has 1 aliphatic heterocycles. The second kappa shape index (κ2) is 7.69. The second-order valence-electron chi connectivity index (χ2n) is 6.69. The van der Waals surface area contributed by atoms with E-state index in [0.717, 1.165) is 23.2 Å². The Morgan fingerprint density at radius 3 is 2.45 bits per heavy atom. The molecule has 1 aliphatic rings. The Kier molecular flexibility index (Phi) is 5.90. The summed E-state index contributed by atoms with van der Waals surface area (Å²) in [4.78, 5) is 7.30. The molecule has 4 heteroatoms. The van der Waals surface area contributed by atoms with E-state index in [1.54, 1.807) is 0 Å². The number of nitriles is 1. The fraction of sp³-hybridized carbons (Fsp3) is 0.556. The molecule has 1 aromatic rings. The standard InChI is InChI=1S/C18H25N3S/c1-13(2)9-17-12-22-18(21(17)11-14(3)4)20-16-7-5-15(10-19)6-8-16/h5-8,13-14,17H,9,11-12H2,1-4H3/b20-18-/t17-/m0/s1. The number of thioether (sulfide) groups is 1. The monoisotopic (exact) mass is 315 g/mol. The number of hydrogen-bond acceptors (Lipinski definition) is 3. The molecule has 2 rings (SSSR count). The van der Waals surface area contributed by atoms with Crippen LogP contribution in [0.25, 0.3) is 0 Å². The van der Waals surface area contributed by atoms with E-state index in [4.69, 9.17) is 10.3 Å². The number of nitrogens with zero attached hydrogens (tertiary/aromatic N) is 3. The van der Waals surface area contributed by atoms with Crippen LogP contribution >= 0.6 is 11.8 Å². The summed E-state index contributed by atoms with van der Waals surface area (Å²) in [6.45, 7) is 10.1. The highest BCUT2D eigenvalue weighted by atomic mass is 32.2. The molecule has 0 saturated carbocycles. The zero-order chi connectivity index (χ0) is 16.1. The first-order valence-corrected chi connectivity index (χ1v) is 8.96. The average Bonchev–Trinajstić information content (AvgIpc) is 2.81. The third kappa shape index (κ3) is 4.51. The lowest BCUT2D eigenvalue weighted by atomic mass is 10.0. The van der Waals surface area contributed by atoms with Crippen LogP contribution in [0.2, 0.25) is 0 Å². The van der Waals surface area contributed by atoms with Gasteiger partial charge in [-0.1, -0.05) is 39.5 Å². The Balaban J connectivity index is 2.19. The van der Waals surface area contributed by atoms with Crippen molar-refractivity contribution in [3.63, 3.8) is 0 Å². The fourth-order valence-corrected chi connectivity index (χ4v) is 3.89. The molecule has 0 amide bonds. The Bertz CT molecular complexity index is 555. The molecule has 22 heavy (non-hydrogen) atoms. The molecule has 1 atom stereocenters. The number of benzene rings is 1. The average molecular weight is 315 g/mol. The van der Waals surface area contributed by atoms with Crippen molar-refractivity contribution in [2.45, 2.75) is 40.2 Å². The van der Waals surface area contributed by atoms with Crippen LogP contribution in [0.5, 0.6) is 0 Å². The van der Waals surface area contributed by atoms with Gasteiger partial charge in [-0.05, 0) is 42.5 Å². The predicted molar refractivity (Wildman–Crippen MR) is 95.5 cm³/mol. The van der Waals surface area contributed by atoms with Crippen molar-refractivity contribution in [1.29, 1.82) is 5.26 Å². The van der Waals surface area contributed by atoms with Crippen molar-refractivity contribution < 1.29 is 0 Å². The summed E-state index contributed by atoms with van der Waals surface area (Å²) in [5.74, 6) is 2.45. The molecular weight excluding hydrogens is 290 g/mol. The predicted octanol–water partition coefficient (Wildman–Crippen LogP) is 4.67. The van der Waals surface area contributed by atoms with Gasteiger partial charge < -0.3 is 4.90 Å². The van der Waals surface area contributed by atoms with Gasteiger partial charge >= 0.3 is 0 Å². The Labute approximate surface area is 138 Å². The van der Waals surface area contributed by atoms with Gasteiger partial charge in [0.15, 0.2) is 5.17 Å². The Hall–Kier alpha value is -1.47. The SMILES string of the molecule is CC(C)C[C@H]1CS/C(=N\c2ccc(C#N)cc2)N1CC(C)C. The van der Waals surface area contributed by atoms with Crippen LogP contribution in [-0.2, 0) is 0 Å². The molecule has 3 nitrogen and oxygen atoms in total. The Morgan fingerprint density at radius 2 is 1.91 bits per heavy atom. The molecule has 1 fully saturated rings. The van der Waals surface area contributed by atoms with E-state index in [2.05, 4.69) is 38.7 Å². The maximum Gasteiger partial charge on any atom is 0.164 e. The lowest BCUT2D eigenvalue weighted by Crippen LogP contribution is -2.37. The summed E-state index contributed by atoms with van der Waals surface area (Å²) in [5.41, 5.74) is 1.61. The van der Waals surface area contributed by atoms with Crippen LogP contribution in [-0.4, -0.2) is 28.4 Å². The maximum atomic E-state index is 8.87. The summed E-state index contributed by atoms with van der Waals surface area (Å²) in [7, 11) is 0. The van der Waals surface area contributed by atoms with Crippen molar-refractivity contribution >= 4 is 22.6 Å². The highest BCUT2D eigenvalue weighted by molar-refractivity contribution is 8.14. The summed E-state index contributed by atoms with van der Waals surface area (Å²) >= 11 is 1.86. The zero-order valence-corrected chi connectivity index (χ0v) is 14.7. The van der Waals surface area contributed by atoms with Crippen molar-refractivity contribution in [1.82, 2.24) is 4.90 Å². The van der Waals surface area contributed by atoms with Gasteiger partial charge in [0.1, 0.15) is 0 Å². The molecule has 118 valence electrons. The first-order chi connectivity index (χ1) is 10.5. The van der Waals surface area contributed by atoms with Gasteiger partial charge in [-0.15, -0.1) is 0 Å². The van der Waals surface area contributed by atoms with Gasteiger partial charge in [0.05, 0.1) is 17.3 Å². The third-order valence-corrected chi connectivity index (χ3v) is 4.75. The van der Waals surface area contributed by atoms with Crippen LogP contribution in [0.4, 0.5) is 5.69 Å². The zero-order valence-electron chi connectivity index (χ0n) is 13.9. The van der Waals surface area contributed by atoms with Crippen molar-refractivity contribution in [2.24, 2.45) is 16.8 Å². The number of aliphatic imine (C=N–C) groups is 1. The minimum absolute atomic E-state index is 0.588. The molecule has 0 aliphatic carbocycles. The van der Waals surface area contributed by atoms with Crippen LogP contribution in [0, 0.1) is 23.2 Å². The quantitative estimate of drug-likeness (QED) is 0.793. The topological polar surface area (TPSA) is 39.4 Å². The van der Waals surface area contributed by atoms with E-state index in [0.29, 0.717) is 23.4 Å². The van der Waals surface area contributed by atoms with Gasteiger partial charge in [0.2, 0.25) is 0 Å². The lowest BCUT2D eigenvalue weighted by Gasteiger charge is -2.28. The van der Waals surface area contributed by atoms with Gasteiger partial charge in [-0.25, -0.2) is 4.99 Å². The minimum Gasteiger partial charge on any atom is -0.347 e. The van der Waals surface area contributed by atoms with Gasteiger partial charge in [0.25, 0.3) is 0 Å². The van der Waals surface area contributed by atoms with Crippen LogP contribution < -0.4 is 0 Å². The van der Waals surface area contributed by atoms with Crippen molar-refractivity contribution in [3.8, 4) is 6.07 Å². The molecule has 1 heterocycles. The van der Waals surface area contributed by atoms with E-state index in [1.807, 2.05) is 36.0 Å². The Morgan fingerprint density at radius 1 is 1.23 bits per heavy atom. The molecule has 0 N–H and O–H groups in total. The van der Waals surface area contributed by atoms with E-state index >= 15 is 0 Å². The first kappa shape index (κ1) is 16.9. The first-order valence-electron chi connectivity index (χ1n) is 7.98. The van der Waals surface area contributed by atoms with Crippen LogP contribution in [0.15, 0.2) is 29.3 Å². The summed E-state index contributed by atoms with van der Waals surface area (Å²) in [6, 6.07) is 10.2. The minimum atomic E-state index is 0.588. The third-order valence-electron chi connectivity index (χ3n) is 3.62. The summed E-state index contributed by atoms with van der Waals surface area (Å²) in [6.07, 6.45) is 1.21. The van der Waals surface area contributed by atoms with Gasteiger partial charge in [-0.3, -0.25) is 0 Å². The summed E-state index contributed by atoms with van der Waals surface area (Å²) < 4.78 is 0. The molecule has 0 unspecified atom stereocenters. The maximum absolute atomic E-state index is 8.87. The number of amidine groups is 1. The number of rotatable bonds is 5. The molecule has 0 bridgehead atoms. The number of hydrogen-bond donors (Lipinski definition) is 0. The molecular formula is C18H25N3S. The van der Waals surface area contributed by atoms with Crippen molar-refractivity contribution in [3.05, 3.63) is 29.8 Å². The van der Waals surface area contributed by atoms with Crippen LogP contribution in [0.3, 0.4) is 0 Å². The summed E-state index contributed by atoms with van der Waals surface area (Å²) in [5, 5.41) is 10.0. The molecule has 1 saturated heterocycles. The van der Waals surface area contributed by atoms with Crippen LogP contribution in [0.1, 0.15) is 39.7 Å². The fourth-order valence-electron chi connectivity index (χ4n) is 2.68.